The highest BCUT2D eigenvalue weighted by Gasteiger charge is 2.28. The van der Waals surface area contributed by atoms with Gasteiger partial charge in [-0.2, -0.15) is 0 Å². The van der Waals surface area contributed by atoms with Gasteiger partial charge in [-0.05, 0) is 19.3 Å². The molecule has 1 saturated heterocycles. The molecule has 1 nitrogen and oxygen atoms in total. The van der Waals surface area contributed by atoms with Gasteiger partial charge in [-0.15, -0.1) is 0 Å². The average Bonchev–Trinajstić information content (AvgIpc) is 2.29. The molecular weight excluding hydrogens is 208 g/mol. The molecule has 2 atom stereocenters. The Bertz CT molecular complexity index is 161. The van der Waals surface area contributed by atoms with Crippen LogP contribution in [0.4, 0.5) is 0 Å². The lowest BCUT2D eigenvalue weighted by molar-refractivity contribution is -0.130. The number of hydrogen-bond donors (Lipinski definition) is 0. The van der Waals surface area contributed by atoms with Crippen LogP contribution < -0.4 is 0 Å². The summed E-state index contributed by atoms with van der Waals surface area (Å²) in [6, 6.07) is 0. The Labute approximate surface area is 108 Å². The van der Waals surface area contributed by atoms with Crippen molar-refractivity contribution in [1.29, 1.82) is 0 Å². The molecule has 1 fully saturated rings. The van der Waals surface area contributed by atoms with E-state index in [1.165, 1.54) is 77.0 Å². The lowest BCUT2D eigenvalue weighted by Gasteiger charge is -2.36. The summed E-state index contributed by atoms with van der Waals surface area (Å²) < 4.78 is 5.93. The maximum atomic E-state index is 5.93. The zero-order valence-corrected chi connectivity index (χ0v) is 12.0. The summed E-state index contributed by atoms with van der Waals surface area (Å²) >= 11 is 0. The normalized spacial score (nSPS) is 23.6. The van der Waals surface area contributed by atoms with Gasteiger partial charge in [0.15, 0.2) is 0 Å². The Hall–Kier alpha value is -0.0400. The minimum atomic E-state index is 0.618. The van der Waals surface area contributed by atoms with Crippen molar-refractivity contribution in [3.8, 4) is 0 Å². The van der Waals surface area contributed by atoms with E-state index in [0.717, 1.165) is 0 Å². The molecule has 0 aromatic carbocycles. The fourth-order valence-electron chi connectivity index (χ4n) is 2.70. The second-order valence-electron chi connectivity index (χ2n) is 5.67. The van der Waals surface area contributed by atoms with E-state index in [1.807, 2.05) is 0 Å². The fraction of sp³-hybridized carbons (Fsp3) is 1.00. The van der Waals surface area contributed by atoms with Gasteiger partial charge in [0, 0.05) is 0 Å². The van der Waals surface area contributed by atoms with Gasteiger partial charge in [0.05, 0.1) is 12.2 Å². The van der Waals surface area contributed by atoms with E-state index >= 15 is 0 Å². The van der Waals surface area contributed by atoms with Crippen LogP contribution in [0.3, 0.4) is 0 Å². The van der Waals surface area contributed by atoms with Crippen molar-refractivity contribution >= 4 is 0 Å². The Kier molecular flexibility index (Phi) is 8.78. The van der Waals surface area contributed by atoms with E-state index in [-0.39, 0.29) is 0 Å². The second kappa shape index (κ2) is 9.94. The smallest absolute Gasteiger partial charge is 0.0603 e. The van der Waals surface area contributed by atoms with Crippen LogP contribution >= 0.6 is 0 Å². The van der Waals surface area contributed by atoms with Crippen LogP contribution in [0.15, 0.2) is 0 Å². The number of rotatable bonds is 11. The minimum absolute atomic E-state index is 0.618. The molecule has 0 aliphatic carbocycles. The molecular formula is C16H32O. The molecule has 0 N–H and O–H groups in total. The van der Waals surface area contributed by atoms with Crippen LogP contribution in [0, 0.1) is 0 Å². The molecule has 1 rings (SSSR count). The van der Waals surface area contributed by atoms with Gasteiger partial charge in [0.25, 0.3) is 0 Å². The van der Waals surface area contributed by atoms with Crippen LogP contribution in [-0.2, 0) is 4.74 Å². The highest BCUT2D eigenvalue weighted by molar-refractivity contribution is 4.77. The topological polar surface area (TPSA) is 9.23 Å². The third-order valence-electron chi connectivity index (χ3n) is 3.92. The third kappa shape index (κ3) is 7.08. The Morgan fingerprint density at radius 1 is 0.706 bits per heavy atom. The summed E-state index contributed by atoms with van der Waals surface area (Å²) in [6.07, 6.45) is 17.7. The van der Waals surface area contributed by atoms with Crippen LogP contribution in [0.2, 0.25) is 0 Å². The molecule has 0 amide bonds. The quantitative estimate of drug-likeness (QED) is 0.435. The van der Waals surface area contributed by atoms with E-state index in [2.05, 4.69) is 13.8 Å². The first-order valence-corrected chi connectivity index (χ1v) is 8.02. The van der Waals surface area contributed by atoms with Crippen LogP contribution in [-0.4, -0.2) is 12.2 Å². The van der Waals surface area contributed by atoms with E-state index in [0.29, 0.717) is 12.2 Å². The summed E-state index contributed by atoms with van der Waals surface area (Å²) in [5.41, 5.74) is 0. The molecule has 0 aromatic heterocycles. The van der Waals surface area contributed by atoms with Crippen LogP contribution in [0.5, 0.6) is 0 Å². The van der Waals surface area contributed by atoms with E-state index < -0.39 is 0 Å². The SMILES string of the molecule is CCCCCCCC1CC(CCCCCC)O1. The Morgan fingerprint density at radius 2 is 1.12 bits per heavy atom. The molecule has 2 unspecified atom stereocenters. The molecule has 0 spiro atoms. The minimum Gasteiger partial charge on any atom is -0.375 e. The third-order valence-corrected chi connectivity index (χ3v) is 3.92. The van der Waals surface area contributed by atoms with Crippen molar-refractivity contribution in [2.24, 2.45) is 0 Å². The van der Waals surface area contributed by atoms with E-state index in [1.54, 1.807) is 0 Å². The van der Waals surface area contributed by atoms with Crippen LogP contribution in [0.1, 0.15) is 90.9 Å². The first-order valence-electron chi connectivity index (χ1n) is 8.02. The zero-order valence-electron chi connectivity index (χ0n) is 12.0. The molecule has 0 aromatic rings. The monoisotopic (exact) mass is 240 g/mol. The summed E-state index contributed by atoms with van der Waals surface area (Å²) in [5.74, 6) is 0. The van der Waals surface area contributed by atoms with Crippen LogP contribution in [0.25, 0.3) is 0 Å². The van der Waals surface area contributed by atoms with Gasteiger partial charge in [0.2, 0.25) is 0 Å². The first-order chi connectivity index (χ1) is 8.36. The van der Waals surface area contributed by atoms with Crippen molar-refractivity contribution in [2.75, 3.05) is 0 Å². The fourth-order valence-corrected chi connectivity index (χ4v) is 2.70. The number of unbranched alkanes of at least 4 members (excludes halogenated alkanes) is 7. The van der Waals surface area contributed by atoms with Gasteiger partial charge in [-0.3, -0.25) is 0 Å². The summed E-state index contributed by atoms with van der Waals surface area (Å²) in [5, 5.41) is 0. The molecule has 1 aliphatic heterocycles. The highest BCUT2D eigenvalue weighted by Crippen LogP contribution is 2.29. The van der Waals surface area contributed by atoms with Crippen molar-refractivity contribution in [3.05, 3.63) is 0 Å². The zero-order chi connectivity index (χ0) is 12.3. The van der Waals surface area contributed by atoms with Gasteiger partial charge >= 0.3 is 0 Å². The average molecular weight is 240 g/mol. The maximum absolute atomic E-state index is 5.93. The highest BCUT2D eigenvalue weighted by atomic mass is 16.5. The molecule has 17 heavy (non-hydrogen) atoms. The van der Waals surface area contributed by atoms with Crippen molar-refractivity contribution in [3.63, 3.8) is 0 Å². The predicted molar refractivity (Wildman–Crippen MR) is 75.4 cm³/mol. The van der Waals surface area contributed by atoms with Gasteiger partial charge in [0.1, 0.15) is 0 Å². The van der Waals surface area contributed by atoms with Gasteiger partial charge in [-0.25, -0.2) is 0 Å². The number of ether oxygens (including phenoxy) is 1. The summed E-state index contributed by atoms with van der Waals surface area (Å²) in [7, 11) is 0. The first kappa shape index (κ1) is 15.0. The standard InChI is InChI=1S/C16H32O/c1-3-5-7-9-11-13-16-14-15(17-16)12-10-8-6-4-2/h15-16H,3-14H2,1-2H3. The van der Waals surface area contributed by atoms with Crippen molar-refractivity contribution in [1.82, 2.24) is 0 Å². The summed E-state index contributed by atoms with van der Waals surface area (Å²) in [4.78, 5) is 0. The lowest BCUT2D eigenvalue weighted by Crippen LogP contribution is -2.37. The van der Waals surface area contributed by atoms with E-state index in [9.17, 15) is 0 Å². The molecule has 1 heterocycles. The molecule has 1 aliphatic rings. The molecule has 1 heteroatoms. The largest absolute Gasteiger partial charge is 0.375 e. The van der Waals surface area contributed by atoms with Gasteiger partial charge < -0.3 is 4.74 Å². The molecule has 0 saturated carbocycles. The molecule has 0 radical (unpaired) electrons. The number of hydrogen-bond acceptors (Lipinski definition) is 1. The summed E-state index contributed by atoms with van der Waals surface area (Å²) in [6.45, 7) is 4.55. The van der Waals surface area contributed by atoms with E-state index in [4.69, 9.17) is 4.74 Å². The Balaban J connectivity index is 1.80. The van der Waals surface area contributed by atoms with Gasteiger partial charge in [-0.1, -0.05) is 71.6 Å². The second-order valence-corrected chi connectivity index (χ2v) is 5.67. The Morgan fingerprint density at radius 3 is 1.59 bits per heavy atom. The predicted octanol–water partition coefficient (Wildman–Crippen LogP) is 5.47. The van der Waals surface area contributed by atoms with Crippen molar-refractivity contribution < 1.29 is 4.74 Å². The maximum Gasteiger partial charge on any atom is 0.0603 e. The molecule has 0 bridgehead atoms. The molecule has 102 valence electrons. The lowest BCUT2D eigenvalue weighted by atomic mass is 9.95. The van der Waals surface area contributed by atoms with Crippen molar-refractivity contribution in [2.45, 2.75) is 103 Å².